The second-order valence-electron chi connectivity index (χ2n) is 4.91. The molecule has 2 unspecified atom stereocenters. The number of carbonyl (C=O) groups is 1. The Morgan fingerprint density at radius 2 is 2.53 bits per heavy atom. The van der Waals surface area contributed by atoms with Crippen molar-refractivity contribution in [2.45, 2.75) is 25.0 Å². The van der Waals surface area contributed by atoms with E-state index < -0.39 is 0 Å². The Morgan fingerprint density at radius 1 is 1.63 bits per heavy atom. The number of aliphatic hydroxyl groups is 1. The number of hydrogen-bond acceptors (Lipinski definition) is 5. The van der Waals surface area contributed by atoms with Crippen LogP contribution in [-0.2, 0) is 22.5 Å². The van der Waals surface area contributed by atoms with E-state index in [1.165, 1.54) is 0 Å². The molecule has 1 fully saturated rings. The molecule has 0 aliphatic carbocycles. The molecular formula is C12H18N4O3. The molecule has 2 aliphatic heterocycles. The van der Waals surface area contributed by atoms with Gasteiger partial charge in [0.05, 0.1) is 49.6 Å². The van der Waals surface area contributed by atoms with E-state index in [0.717, 1.165) is 11.4 Å². The highest BCUT2D eigenvalue weighted by Crippen LogP contribution is 2.16. The van der Waals surface area contributed by atoms with Gasteiger partial charge in [-0.25, -0.2) is 4.98 Å². The van der Waals surface area contributed by atoms with Crippen molar-refractivity contribution in [3.63, 3.8) is 0 Å². The molecular weight excluding hydrogens is 248 g/mol. The van der Waals surface area contributed by atoms with Gasteiger partial charge in [0.25, 0.3) is 0 Å². The number of H-pyrrole nitrogens is 1. The van der Waals surface area contributed by atoms with Crippen molar-refractivity contribution in [3.8, 4) is 0 Å². The number of aromatic amines is 1. The first-order chi connectivity index (χ1) is 9.29. The van der Waals surface area contributed by atoms with Gasteiger partial charge in [0.1, 0.15) is 0 Å². The van der Waals surface area contributed by atoms with Crippen LogP contribution in [-0.4, -0.2) is 64.3 Å². The summed E-state index contributed by atoms with van der Waals surface area (Å²) in [5.74, 6) is 0.0241. The van der Waals surface area contributed by atoms with Gasteiger partial charge in [-0.3, -0.25) is 10.1 Å². The molecule has 0 saturated carbocycles. The normalized spacial score (nSPS) is 27.1. The average molecular weight is 266 g/mol. The molecule has 1 aromatic rings. The molecule has 3 rings (SSSR count). The van der Waals surface area contributed by atoms with Gasteiger partial charge in [-0.05, 0) is 0 Å². The smallest absolute Gasteiger partial charge is 0.240 e. The van der Waals surface area contributed by atoms with Crippen LogP contribution in [0.15, 0.2) is 6.33 Å². The van der Waals surface area contributed by atoms with E-state index in [-0.39, 0.29) is 24.6 Å². The summed E-state index contributed by atoms with van der Waals surface area (Å²) in [6.45, 7) is 2.03. The number of rotatable bonds is 2. The van der Waals surface area contributed by atoms with E-state index >= 15 is 0 Å². The molecule has 3 N–H and O–H groups in total. The van der Waals surface area contributed by atoms with E-state index in [0.29, 0.717) is 32.7 Å². The van der Waals surface area contributed by atoms with Crippen LogP contribution in [0.1, 0.15) is 11.4 Å². The first kappa shape index (κ1) is 12.6. The number of aromatic nitrogens is 2. The lowest BCUT2D eigenvalue weighted by molar-refractivity contribution is -0.144. The van der Waals surface area contributed by atoms with Crippen molar-refractivity contribution in [1.29, 1.82) is 0 Å². The third-order valence-electron chi connectivity index (χ3n) is 3.75. The van der Waals surface area contributed by atoms with E-state index in [1.54, 1.807) is 11.2 Å². The van der Waals surface area contributed by atoms with Gasteiger partial charge in [-0.1, -0.05) is 0 Å². The molecule has 2 atom stereocenters. The second-order valence-corrected chi connectivity index (χ2v) is 4.91. The number of ether oxygens (including phenoxy) is 1. The third kappa shape index (κ3) is 2.36. The molecule has 7 nitrogen and oxygen atoms in total. The van der Waals surface area contributed by atoms with Crippen LogP contribution in [0.2, 0.25) is 0 Å². The molecule has 0 bridgehead atoms. The highest BCUT2D eigenvalue weighted by atomic mass is 16.5. The fourth-order valence-corrected chi connectivity index (χ4v) is 2.64. The summed E-state index contributed by atoms with van der Waals surface area (Å²) in [4.78, 5) is 21.5. The Labute approximate surface area is 111 Å². The lowest BCUT2D eigenvalue weighted by atomic mass is 10.0. The quantitative estimate of drug-likeness (QED) is 0.615. The maximum atomic E-state index is 12.5. The minimum Gasteiger partial charge on any atom is -0.394 e. The molecule has 1 saturated heterocycles. The van der Waals surface area contributed by atoms with Gasteiger partial charge in [-0.2, -0.15) is 0 Å². The summed E-state index contributed by atoms with van der Waals surface area (Å²) in [5.41, 5.74) is 2.00. The van der Waals surface area contributed by atoms with E-state index in [9.17, 15) is 9.90 Å². The monoisotopic (exact) mass is 266 g/mol. The van der Waals surface area contributed by atoms with Crippen molar-refractivity contribution in [2.75, 3.05) is 26.4 Å². The van der Waals surface area contributed by atoms with Gasteiger partial charge in [0.15, 0.2) is 0 Å². The largest absolute Gasteiger partial charge is 0.394 e. The summed E-state index contributed by atoms with van der Waals surface area (Å²) >= 11 is 0. The van der Waals surface area contributed by atoms with Crippen LogP contribution in [0.25, 0.3) is 0 Å². The lowest BCUT2D eigenvalue weighted by Gasteiger charge is -2.37. The molecule has 0 radical (unpaired) electrons. The van der Waals surface area contributed by atoms with Gasteiger partial charge in [0.2, 0.25) is 5.91 Å². The number of imidazole rings is 1. The molecule has 1 amide bonds. The molecule has 19 heavy (non-hydrogen) atoms. The maximum Gasteiger partial charge on any atom is 0.240 e. The topological polar surface area (TPSA) is 90.5 Å². The first-order valence-electron chi connectivity index (χ1n) is 6.53. The minimum absolute atomic E-state index is 0.0241. The molecule has 0 spiro atoms. The predicted molar refractivity (Wildman–Crippen MR) is 66.3 cm³/mol. The summed E-state index contributed by atoms with van der Waals surface area (Å²) < 4.78 is 5.29. The van der Waals surface area contributed by atoms with Crippen molar-refractivity contribution in [3.05, 3.63) is 17.7 Å². The zero-order valence-corrected chi connectivity index (χ0v) is 10.6. The summed E-state index contributed by atoms with van der Waals surface area (Å²) in [7, 11) is 0. The van der Waals surface area contributed by atoms with Crippen LogP contribution < -0.4 is 5.32 Å². The lowest BCUT2D eigenvalue weighted by Crippen LogP contribution is -2.57. The van der Waals surface area contributed by atoms with E-state index in [1.807, 2.05) is 0 Å². The molecule has 104 valence electrons. The van der Waals surface area contributed by atoms with Crippen molar-refractivity contribution in [1.82, 2.24) is 20.2 Å². The summed E-state index contributed by atoms with van der Waals surface area (Å²) in [5, 5.41) is 12.5. The van der Waals surface area contributed by atoms with Crippen LogP contribution >= 0.6 is 0 Å². The Balaban J connectivity index is 1.70. The fourth-order valence-electron chi connectivity index (χ4n) is 2.64. The molecule has 0 aromatic carbocycles. The van der Waals surface area contributed by atoms with E-state index in [4.69, 9.17) is 4.74 Å². The zero-order valence-electron chi connectivity index (χ0n) is 10.6. The van der Waals surface area contributed by atoms with Crippen molar-refractivity contribution >= 4 is 5.91 Å². The number of nitrogens with one attached hydrogen (secondary N) is 2. The standard InChI is InChI=1S/C12H18N4O3/c17-5-8-6-19-2-1-16(8)12(18)10-3-9-11(4-13-10)15-7-14-9/h7-8,10,13,17H,1-6H2,(H,14,15). The highest BCUT2D eigenvalue weighted by Gasteiger charge is 2.34. The van der Waals surface area contributed by atoms with Crippen LogP contribution in [0.5, 0.6) is 0 Å². The van der Waals surface area contributed by atoms with Gasteiger partial charge >= 0.3 is 0 Å². The van der Waals surface area contributed by atoms with Gasteiger partial charge in [0, 0.05) is 19.5 Å². The number of aliphatic hydroxyl groups excluding tert-OH is 1. The number of nitrogens with zero attached hydrogens (tertiary/aromatic N) is 2. The summed E-state index contributed by atoms with van der Waals surface area (Å²) in [6.07, 6.45) is 2.25. The second kappa shape index (κ2) is 5.28. The maximum absolute atomic E-state index is 12.5. The molecule has 2 aliphatic rings. The fraction of sp³-hybridized carbons (Fsp3) is 0.667. The predicted octanol–water partition coefficient (Wildman–Crippen LogP) is -1.36. The summed E-state index contributed by atoms with van der Waals surface area (Å²) in [6, 6.07) is -0.494. The van der Waals surface area contributed by atoms with Crippen LogP contribution in [0.4, 0.5) is 0 Å². The Bertz CT molecular complexity index is 462. The molecule has 7 heteroatoms. The first-order valence-corrected chi connectivity index (χ1v) is 6.53. The van der Waals surface area contributed by atoms with Crippen molar-refractivity contribution < 1.29 is 14.6 Å². The minimum atomic E-state index is -0.261. The molecule has 1 aromatic heterocycles. The Hall–Kier alpha value is -1.44. The Morgan fingerprint density at radius 3 is 3.37 bits per heavy atom. The van der Waals surface area contributed by atoms with Crippen LogP contribution in [0.3, 0.4) is 0 Å². The number of carbonyl (C=O) groups excluding carboxylic acids is 1. The highest BCUT2D eigenvalue weighted by molar-refractivity contribution is 5.83. The Kier molecular flexibility index (Phi) is 3.50. The third-order valence-corrected chi connectivity index (χ3v) is 3.75. The zero-order chi connectivity index (χ0) is 13.2. The molecule has 3 heterocycles. The van der Waals surface area contributed by atoms with E-state index in [2.05, 4.69) is 15.3 Å². The van der Waals surface area contributed by atoms with Gasteiger partial charge in [-0.15, -0.1) is 0 Å². The van der Waals surface area contributed by atoms with Crippen molar-refractivity contribution in [2.24, 2.45) is 0 Å². The number of amides is 1. The average Bonchev–Trinajstić information content (AvgIpc) is 2.93. The van der Waals surface area contributed by atoms with Crippen LogP contribution in [0, 0.1) is 0 Å². The number of hydrogen-bond donors (Lipinski definition) is 3. The number of morpholine rings is 1. The van der Waals surface area contributed by atoms with Gasteiger partial charge < -0.3 is 19.7 Å². The number of fused-ring (bicyclic) bond motifs is 1. The SMILES string of the molecule is O=C(C1Cc2nc[nH]c2CN1)N1CCOCC1CO.